The molecule has 3 heterocycles. The zero-order valence-corrected chi connectivity index (χ0v) is 14.0. The highest BCUT2D eigenvalue weighted by Gasteiger charge is 2.26. The minimum atomic E-state index is -0.0180. The standard InChI is InChI=1S/C18H19N3OS/c1-12(21-9-5-6-10-21)16-19-17(22)15-14(11-23-18(15)20-16)13-7-3-2-4-8-13/h2-4,7-8,11-12H,5-6,9-10H2,1H3,(H,19,20,22)/p+1/t12-/m1/s1. The zero-order chi connectivity index (χ0) is 15.8. The van der Waals surface area contributed by atoms with E-state index in [1.807, 2.05) is 35.7 Å². The number of nitrogens with zero attached hydrogens (tertiary/aromatic N) is 1. The first-order valence-corrected chi connectivity index (χ1v) is 9.03. The number of nitrogens with one attached hydrogen (secondary N) is 2. The van der Waals surface area contributed by atoms with Crippen molar-refractivity contribution in [1.29, 1.82) is 0 Å². The predicted molar refractivity (Wildman–Crippen MR) is 94.0 cm³/mol. The molecule has 1 saturated heterocycles. The summed E-state index contributed by atoms with van der Waals surface area (Å²) >= 11 is 1.56. The molecule has 0 saturated carbocycles. The van der Waals surface area contributed by atoms with Crippen LogP contribution in [-0.4, -0.2) is 23.1 Å². The van der Waals surface area contributed by atoms with E-state index in [1.165, 1.54) is 30.8 Å². The van der Waals surface area contributed by atoms with E-state index in [2.05, 4.69) is 11.9 Å². The Hall–Kier alpha value is -1.98. The van der Waals surface area contributed by atoms with Crippen LogP contribution in [0.4, 0.5) is 0 Å². The van der Waals surface area contributed by atoms with Gasteiger partial charge >= 0.3 is 0 Å². The van der Waals surface area contributed by atoms with Gasteiger partial charge in [-0.2, -0.15) is 0 Å². The fourth-order valence-corrected chi connectivity index (χ4v) is 4.41. The number of aromatic nitrogens is 2. The lowest BCUT2D eigenvalue weighted by Crippen LogP contribution is -3.10. The Morgan fingerprint density at radius 1 is 1.22 bits per heavy atom. The molecule has 3 aromatic rings. The molecule has 1 aromatic carbocycles. The Morgan fingerprint density at radius 2 is 1.96 bits per heavy atom. The first-order valence-electron chi connectivity index (χ1n) is 8.15. The molecule has 1 atom stereocenters. The van der Waals surface area contributed by atoms with Crippen LogP contribution in [0.25, 0.3) is 21.3 Å². The van der Waals surface area contributed by atoms with Crippen LogP contribution in [0.15, 0.2) is 40.5 Å². The van der Waals surface area contributed by atoms with Gasteiger partial charge in [0.2, 0.25) is 0 Å². The van der Waals surface area contributed by atoms with Crippen LogP contribution in [0.2, 0.25) is 0 Å². The second-order valence-corrected chi connectivity index (χ2v) is 7.09. The lowest BCUT2D eigenvalue weighted by molar-refractivity contribution is -0.918. The van der Waals surface area contributed by atoms with Crippen molar-refractivity contribution in [2.45, 2.75) is 25.8 Å². The van der Waals surface area contributed by atoms with Crippen molar-refractivity contribution >= 4 is 21.6 Å². The van der Waals surface area contributed by atoms with Crippen LogP contribution >= 0.6 is 11.3 Å². The fraction of sp³-hybridized carbons (Fsp3) is 0.333. The second-order valence-electron chi connectivity index (χ2n) is 6.23. The highest BCUT2D eigenvalue weighted by molar-refractivity contribution is 7.17. The molecule has 2 N–H and O–H groups in total. The van der Waals surface area contributed by atoms with Crippen LogP contribution in [-0.2, 0) is 0 Å². The molecular formula is C18H20N3OS+. The quantitative estimate of drug-likeness (QED) is 0.776. The number of aromatic amines is 1. The van der Waals surface area contributed by atoms with E-state index in [-0.39, 0.29) is 11.6 Å². The third-order valence-electron chi connectivity index (χ3n) is 4.82. The predicted octanol–water partition coefficient (Wildman–Crippen LogP) is 2.39. The monoisotopic (exact) mass is 326 g/mol. The molecule has 0 amide bonds. The van der Waals surface area contributed by atoms with E-state index >= 15 is 0 Å². The van der Waals surface area contributed by atoms with Crippen LogP contribution in [0, 0.1) is 0 Å². The molecule has 0 radical (unpaired) electrons. The van der Waals surface area contributed by atoms with Crippen molar-refractivity contribution in [2.24, 2.45) is 0 Å². The average Bonchev–Trinajstić information content (AvgIpc) is 3.24. The van der Waals surface area contributed by atoms with Crippen LogP contribution in [0.5, 0.6) is 0 Å². The summed E-state index contributed by atoms with van der Waals surface area (Å²) in [4.78, 5) is 22.8. The van der Waals surface area contributed by atoms with Gasteiger partial charge in [0.25, 0.3) is 5.56 Å². The number of thiophene rings is 1. The molecule has 0 unspecified atom stereocenters. The smallest absolute Gasteiger partial charge is 0.260 e. The number of benzene rings is 1. The van der Waals surface area contributed by atoms with E-state index in [0.717, 1.165) is 21.8 Å². The number of hydrogen-bond donors (Lipinski definition) is 2. The number of rotatable bonds is 3. The summed E-state index contributed by atoms with van der Waals surface area (Å²) in [6, 6.07) is 10.3. The summed E-state index contributed by atoms with van der Waals surface area (Å²) in [6.07, 6.45) is 2.53. The van der Waals surface area contributed by atoms with Gasteiger partial charge in [-0.15, -0.1) is 11.3 Å². The van der Waals surface area contributed by atoms with Crippen LogP contribution < -0.4 is 10.5 Å². The maximum absolute atomic E-state index is 12.7. The van der Waals surface area contributed by atoms with E-state index in [4.69, 9.17) is 4.98 Å². The molecule has 0 aliphatic carbocycles. The van der Waals surface area contributed by atoms with Crippen molar-refractivity contribution in [1.82, 2.24) is 9.97 Å². The first kappa shape index (κ1) is 14.6. The molecule has 118 valence electrons. The number of H-pyrrole nitrogens is 1. The molecule has 1 aliphatic heterocycles. The summed E-state index contributed by atoms with van der Waals surface area (Å²) in [6.45, 7) is 4.50. The van der Waals surface area contributed by atoms with Gasteiger partial charge in [0.05, 0.1) is 18.5 Å². The van der Waals surface area contributed by atoms with E-state index in [9.17, 15) is 4.79 Å². The Bertz CT molecular complexity index is 878. The second kappa shape index (κ2) is 5.91. The topological polar surface area (TPSA) is 50.2 Å². The summed E-state index contributed by atoms with van der Waals surface area (Å²) < 4.78 is 0. The van der Waals surface area contributed by atoms with Gasteiger partial charge in [-0.1, -0.05) is 30.3 Å². The van der Waals surface area contributed by atoms with E-state index in [0.29, 0.717) is 5.39 Å². The minimum Gasteiger partial charge on any atom is -0.326 e. The Balaban J connectivity index is 1.79. The van der Waals surface area contributed by atoms with E-state index < -0.39 is 0 Å². The molecular weight excluding hydrogens is 306 g/mol. The molecule has 4 nitrogen and oxygen atoms in total. The third-order valence-corrected chi connectivity index (χ3v) is 5.69. The molecule has 0 spiro atoms. The third kappa shape index (κ3) is 2.60. The van der Waals surface area contributed by atoms with Gasteiger partial charge in [-0.05, 0) is 12.5 Å². The first-order chi connectivity index (χ1) is 11.2. The number of likely N-dealkylation sites (tertiary alicyclic amines) is 1. The minimum absolute atomic E-state index is 0.0180. The summed E-state index contributed by atoms with van der Waals surface area (Å²) in [5.41, 5.74) is 2.03. The fourth-order valence-electron chi connectivity index (χ4n) is 3.46. The molecule has 1 aliphatic rings. The summed E-state index contributed by atoms with van der Waals surface area (Å²) in [5, 5.41) is 2.76. The van der Waals surface area contributed by atoms with Crippen molar-refractivity contribution in [2.75, 3.05) is 13.1 Å². The van der Waals surface area contributed by atoms with Gasteiger partial charge in [0.1, 0.15) is 10.9 Å². The Kier molecular flexibility index (Phi) is 3.75. The van der Waals surface area contributed by atoms with Crippen molar-refractivity contribution in [3.8, 4) is 11.1 Å². The SMILES string of the molecule is C[C@H](c1nc2scc(-c3ccccc3)c2c(=O)[nH]1)[NH+]1CCCC1. The molecule has 2 aromatic heterocycles. The number of quaternary nitrogens is 1. The maximum Gasteiger partial charge on any atom is 0.260 e. The highest BCUT2D eigenvalue weighted by Crippen LogP contribution is 2.30. The molecule has 23 heavy (non-hydrogen) atoms. The maximum atomic E-state index is 12.7. The lowest BCUT2D eigenvalue weighted by Gasteiger charge is -2.19. The highest BCUT2D eigenvalue weighted by atomic mass is 32.1. The molecule has 4 rings (SSSR count). The average molecular weight is 326 g/mol. The number of fused-ring (bicyclic) bond motifs is 1. The Morgan fingerprint density at radius 3 is 2.70 bits per heavy atom. The number of hydrogen-bond acceptors (Lipinski definition) is 3. The Labute approximate surface area is 138 Å². The molecule has 0 bridgehead atoms. The molecule has 1 fully saturated rings. The van der Waals surface area contributed by atoms with Gasteiger partial charge in [0, 0.05) is 23.8 Å². The van der Waals surface area contributed by atoms with Gasteiger partial charge in [-0.3, -0.25) is 4.79 Å². The van der Waals surface area contributed by atoms with E-state index in [1.54, 1.807) is 11.3 Å². The normalized spacial score (nSPS) is 16.9. The van der Waals surface area contributed by atoms with Crippen molar-refractivity contribution in [3.63, 3.8) is 0 Å². The van der Waals surface area contributed by atoms with Gasteiger partial charge in [-0.25, -0.2) is 4.98 Å². The largest absolute Gasteiger partial charge is 0.326 e. The van der Waals surface area contributed by atoms with Crippen molar-refractivity contribution in [3.05, 3.63) is 51.9 Å². The summed E-state index contributed by atoms with van der Waals surface area (Å²) in [5.74, 6) is 0.820. The zero-order valence-electron chi connectivity index (χ0n) is 13.1. The summed E-state index contributed by atoms with van der Waals surface area (Å²) in [7, 11) is 0. The lowest BCUT2D eigenvalue weighted by atomic mass is 10.1. The van der Waals surface area contributed by atoms with Crippen molar-refractivity contribution < 1.29 is 4.90 Å². The van der Waals surface area contributed by atoms with Gasteiger partial charge in [0.15, 0.2) is 5.82 Å². The molecule has 5 heteroatoms. The van der Waals surface area contributed by atoms with Gasteiger partial charge < -0.3 is 9.88 Å². The van der Waals surface area contributed by atoms with Crippen LogP contribution in [0.3, 0.4) is 0 Å². The van der Waals surface area contributed by atoms with Crippen LogP contribution in [0.1, 0.15) is 31.6 Å².